The topological polar surface area (TPSA) is 88.5 Å². The van der Waals surface area contributed by atoms with Crippen LogP contribution in [-0.4, -0.2) is 59.6 Å². The van der Waals surface area contributed by atoms with Crippen LogP contribution in [0.15, 0.2) is 51.6 Å². The number of carbonyl (C=O) groups is 3. The number of rotatable bonds is 7. The van der Waals surface area contributed by atoms with Gasteiger partial charge in [-0.05, 0) is 44.1 Å². The molecule has 0 bridgehead atoms. The van der Waals surface area contributed by atoms with Gasteiger partial charge >= 0.3 is 11.9 Å². The van der Waals surface area contributed by atoms with Gasteiger partial charge in [0.05, 0.1) is 43.4 Å². The molecule has 0 radical (unpaired) electrons. The number of aryl methyl sites for hydroxylation is 1. The average molecular weight is 512 g/mol. The molecular weight excluding hydrogens is 478 g/mol. The van der Waals surface area contributed by atoms with Crippen LogP contribution in [0.3, 0.4) is 0 Å². The number of benzene rings is 1. The molecule has 0 spiro atoms. The van der Waals surface area contributed by atoms with Gasteiger partial charge in [0.15, 0.2) is 5.17 Å². The highest BCUT2D eigenvalue weighted by molar-refractivity contribution is 8.16. The lowest BCUT2D eigenvalue weighted by atomic mass is 9.92. The second-order valence-corrected chi connectivity index (χ2v) is 9.95. The minimum absolute atomic E-state index is 0.0513. The first-order valence-electron chi connectivity index (χ1n) is 12.4. The number of ether oxygens (including phenoxy) is 2. The number of esters is 2. The number of thioether (sulfide) groups is 1. The molecule has 1 saturated heterocycles. The van der Waals surface area contributed by atoms with E-state index in [4.69, 9.17) is 14.5 Å². The first-order chi connectivity index (χ1) is 17.4. The number of carbonyl (C=O) groups excluding carboxylic acids is 3. The van der Waals surface area contributed by atoms with E-state index in [2.05, 4.69) is 0 Å². The third kappa shape index (κ3) is 5.21. The number of piperidine rings is 1. The minimum atomic E-state index is -0.441. The third-order valence-electron chi connectivity index (χ3n) is 6.75. The number of hydrogen-bond donors (Lipinski definition) is 0. The lowest BCUT2D eigenvalue weighted by molar-refractivity contribution is -0.151. The molecule has 0 aliphatic carbocycles. The Hall–Kier alpha value is -3.07. The number of likely N-dealkylation sites (tertiary alicyclic amines) is 1. The van der Waals surface area contributed by atoms with E-state index < -0.39 is 12.0 Å². The summed E-state index contributed by atoms with van der Waals surface area (Å²) in [4.78, 5) is 47.2. The molecule has 1 amide bonds. The van der Waals surface area contributed by atoms with Gasteiger partial charge in [-0.3, -0.25) is 9.59 Å². The maximum absolute atomic E-state index is 13.4. The number of allylic oxidation sites excluding steroid dienone is 1. The highest BCUT2D eigenvalue weighted by Gasteiger charge is 2.42. The summed E-state index contributed by atoms with van der Waals surface area (Å²) in [6.07, 6.45) is 2.23. The molecule has 1 fully saturated rings. The van der Waals surface area contributed by atoms with Crippen molar-refractivity contribution in [1.29, 1.82) is 0 Å². The van der Waals surface area contributed by atoms with Crippen molar-refractivity contribution in [2.24, 2.45) is 10.9 Å². The lowest BCUT2D eigenvalue weighted by Crippen LogP contribution is -2.44. The molecule has 3 aliphatic rings. The zero-order valence-electron chi connectivity index (χ0n) is 21.3. The predicted molar refractivity (Wildman–Crippen MR) is 139 cm³/mol. The van der Waals surface area contributed by atoms with Crippen LogP contribution in [0.1, 0.15) is 56.7 Å². The van der Waals surface area contributed by atoms with Crippen molar-refractivity contribution in [2.75, 3.05) is 26.8 Å². The molecule has 1 aromatic rings. The predicted octanol–water partition coefficient (Wildman–Crippen LogP) is 4.32. The van der Waals surface area contributed by atoms with Crippen LogP contribution in [0.5, 0.6) is 0 Å². The van der Waals surface area contributed by atoms with Gasteiger partial charge in [0, 0.05) is 18.8 Å². The SMILES string of the molecule is CCOC(=O)[C@@H]1CCCN(C(=O)CC2=CSC3=NC(CC)=C(C(=O)OC)[C@@H](c4ccc(C)cc4)N23)C1. The molecular formula is C27H33N3O5S. The largest absolute Gasteiger partial charge is 0.466 e. The summed E-state index contributed by atoms with van der Waals surface area (Å²) < 4.78 is 10.4. The second kappa shape index (κ2) is 11.3. The van der Waals surface area contributed by atoms with Crippen molar-refractivity contribution >= 4 is 34.8 Å². The molecule has 3 aliphatic heterocycles. The number of amides is 1. The molecule has 0 aromatic heterocycles. The zero-order valence-corrected chi connectivity index (χ0v) is 22.1. The molecule has 0 unspecified atom stereocenters. The molecule has 0 saturated carbocycles. The molecule has 3 heterocycles. The summed E-state index contributed by atoms with van der Waals surface area (Å²) in [6, 6.07) is 7.61. The van der Waals surface area contributed by atoms with Gasteiger partial charge in [-0.25, -0.2) is 9.79 Å². The fourth-order valence-corrected chi connectivity index (χ4v) is 5.84. The minimum Gasteiger partial charge on any atom is -0.466 e. The van der Waals surface area contributed by atoms with Gasteiger partial charge in [0.2, 0.25) is 5.91 Å². The summed E-state index contributed by atoms with van der Waals surface area (Å²) in [5, 5.41) is 2.69. The van der Waals surface area contributed by atoms with Crippen molar-refractivity contribution in [3.05, 3.63) is 57.8 Å². The zero-order chi connectivity index (χ0) is 25.8. The fourth-order valence-electron chi connectivity index (χ4n) is 4.90. The summed E-state index contributed by atoms with van der Waals surface area (Å²) in [6.45, 7) is 7.10. The van der Waals surface area contributed by atoms with Crippen molar-refractivity contribution in [3.63, 3.8) is 0 Å². The molecule has 36 heavy (non-hydrogen) atoms. The van der Waals surface area contributed by atoms with Crippen molar-refractivity contribution in [2.45, 2.75) is 52.5 Å². The third-order valence-corrected chi connectivity index (χ3v) is 7.64. The average Bonchev–Trinajstić information content (AvgIpc) is 3.29. The van der Waals surface area contributed by atoms with E-state index in [1.165, 1.54) is 18.9 Å². The maximum Gasteiger partial charge on any atom is 0.338 e. The Labute approximate surface area is 216 Å². The molecule has 4 rings (SSSR count). The Morgan fingerprint density at radius 3 is 2.58 bits per heavy atom. The van der Waals surface area contributed by atoms with Crippen molar-refractivity contribution in [1.82, 2.24) is 9.80 Å². The maximum atomic E-state index is 13.4. The van der Waals surface area contributed by atoms with Gasteiger partial charge < -0.3 is 19.3 Å². The monoisotopic (exact) mass is 511 g/mol. The normalized spacial score (nSPS) is 21.6. The van der Waals surface area contributed by atoms with Crippen LogP contribution >= 0.6 is 11.8 Å². The van der Waals surface area contributed by atoms with Crippen LogP contribution in [0.25, 0.3) is 0 Å². The number of nitrogens with zero attached hydrogens (tertiary/aromatic N) is 3. The van der Waals surface area contributed by atoms with E-state index in [0.717, 1.165) is 34.8 Å². The van der Waals surface area contributed by atoms with E-state index >= 15 is 0 Å². The Balaban J connectivity index is 1.61. The van der Waals surface area contributed by atoms with Crippen LogP contribution in [0.2, 0.25) is 0 Å². The Morgan fingerprint density at radius 1 is 1.17 bits per heavy atom. The van der Waals surface area contributed by atoms with E-state index in [9.17, 15) is 14.4 Å². The van der Waals surface area contributed by atoms with E-state index in [1.54, 1.807) is 11.8 Å². The first-order valence-corrected chi connectivity index (χ1v) is 13.3. The summed E-state index contributed by atoms with van der Waals surface area (Å²) in [5.74, 6) is -1.00. The van der Waals surface area contributed by atoms with Crippen LogP contribution in [0.4, 0.5) is 0 Å². The van der Waals surface area contributed by atoms with Crippen molar-refractivity contribution < 1.29 is 23.9 Å². The van der Waals surface area contributed by atoms with E-state index in [-0.39, 0.29) is 24.2 Å². The first kappa shape index (κ1) is 26.0. The number of methoxy groups -OCH3 is 1. The highest BCUT2D eigenvalue weighted by atomic mass is 32.2. The Kier molecular flexibility index (Phi) is 8.18. The van der Waals surface area contributed by atoms with E-state index in [0.29, 0.717) is 37.4 Å². The van der Waals surface area contributed by atoms with Crippen LogP contribution in [0, 0.1) is 12.8 Å². The van der Waals surface area contributed by atoms with Crippen LogP contribution < -0.4 is 0 Å². The Morgan fingerprint density at radius 2 is 1.92 bits per heavy atom. The second-order valence-electron chi connectivity index (χ2n) is 9.12. The van der Waals surface area contributed by atoms with E-state index in [1.807, 2.05) is 48.4 Å². The summed E-state index contributed by atoms with van der Waals surface area (Å²) in [5.41, 5.74) is 4.02. The molecule has 2 atom stereocenters. The van der Waals surface area contributed by atoms with Gasteiger partial charge in [-0.1, -0.05) is 48.5 Å². The van der Waals surface area contributed by atoms with Gasteiger partial charge in [0.1, 0.15) is 0 Å². The number of amidine groups is 1. The van der Waals surface area contributed by atoms with Gasteiger partial charge in [-0.15, -0.1) is 0 Å². The highest BCUT2D eigenvalue weighted by Crippen LogP contribution is 2.45. The molecule has 9 heteroatoms. The standard InChI is InChI=1S/C27H33N3O5S/c1-5-21-23(26(33)34-4)24(18-11-9-17(3)10-12-18)30-20(16-36-27(30)28-21)14-22(31)29-13-7-8-19(15-29)25(32)35-6-2/h9-12,16,19,24H,5-8,13-15H2,1-4H3/t19-,24-/m1/s1. The quantitative estimate of drug-likeness (QED) is 0.504. The lowest BCUT2D eigenvalue weighted by Gasteiger charge is -2.37. The molecule has 0 N–H and O–H groups in total. The molecule has 8 nitrogen and oxygen atoms in total. The summed E-state index contributed by atoms with van der Waals surface area (Å²) in [7, 11) is 1.38. The van der Waals surface area contributed by atoms with Gasteiger partial charge in [-0.2, -0.15) is 0 Å². The number of fused-ring (bicyclic) bond motifs is 1. The van der Waals surface area contributed by atoms with Gasteiger partial charge in [0.25, 0.3) is 0 Å². The number of hydrogen-bond acceptors (Lipinski definition) is 8. The fraction of sp³-hybridized carbons (Fsp3) is 0.481. The van der Waals surface area contributed by atoms with Crippen LogP contribution in [-0.2, 0) is 23.9 Å². The summed E-state index contributed by atoms with van der Waals surface area (Å²) >= 11 is 1.46. The Bertz CT molecular complexity index is 1120. The van der Waals surface area contributed by atoms with Crippen molar-refractivity contribution in [3.8, 4) is 0 Å². The number of aliphatic imine (C=N–C) groups is 1. The molecule has 192 valence electrons. The molecule has 1 aromatic carbocycles. The smallest absolute Gasteiger partial charge is 0.338 e.